The molecule has 0 aromatic heterocycles. The van der Waals surface area contributed by atoms with E-state index in [0.29, 0.717) is 46.2 Å². The topological polar surface area (TPSA) is 129 Å². The minimum Gasteiger partial charge on any atom is -0.508 e. The van der Waals surface area contributed by atoms with E-state index in [2.05, 4.69) is 22.5 Å². The lowest BCUT2D eigenvalue weighted by molar-refractivity contribution is -0.144. The molecule has 6 atom stereocenters. The molecule has 4 fully saturated rings. The highest BCUT2D eigenvalue weighted by atomic mass is 35.5. The number of allylic oxidation sites excluding steroid dienone is 2. The first-order valence-corrected chi connectivity index (χ1v) is 22.9. The number of methoxy groups -OCH3 is 1. The molecule has 1 saturated carbocycles. The second-order valence-corrected chi connectivity index (χ2v) is 18.6. The Morgan fingerprint density at radius 2 is 1.46 bits per heavy atom. The van der Waals surface area contributed by atoms with Crippen molar-refractivity contribution < 1.29 is 33.8 Å². The molecule has 11 nitrogen and oxygen atoms in total. The van der Waals surface area contributed by atoms with Gasteiger partial charge in [-0.1, -0.05) is 114 Å². The molecule has 4 amide bonds. The maximum atomic E-state index is 15.7. The van der Waals surface area contributed by atoms with Crippen molar-refractivity contribution in [1.82, 2.24) is 14.8 Å². The lowest BCUT2D eigenvalue weighted by atomic mass is 9.49. The van der Waals surface area contributed by atoms with Gasteiger partial charge in [0.05, 0.1) is 41.0 Å². The number of halogens is 2. The van der Waals surface area contributed by atoms with Crippen LogP contribution in [0.5, 0.6) is 17.2 Å². The number of fused-ring (bicyclic) bond motifs is 4. The van der Waals surface area contributed by atoms with Crippen molar-refractivity contribution in [3.05, 3.63) is 165 Å². The number of benzene rings is 5. The molecule has 2 N–H and O–H groups in total. The van der Waals surface area contributed by atoms with Crippen LogP contribution >= 0.6 is 23.2 Å². The molecule has 3 saturated heterocycles. The Kier molecular flexibility index (Phi) is 11.4. The third-order valence-corrected chi connectivity index (χ3v) is 14.9. The lowest BCUT2D eigenvalue weighted by Gasteiger charge is -2.50. The second kappa shape index (κ2) is 17.3. The Labute approximate surface area is 387 Å². The number of hydrazine groups is 1. The van der Waals surface area contributed by atoms with Crippen LogP contribution in [0.1, 0.15) is 53.9 Å². The summed E-state index contributed by atoms with van der Waals surface area (Å²) in [6.07, 6.45) is 3.70. The van der Waals surface area contributed by atoms with Crippen molar-refractivity contribution in [3.63, 3.8) is 0 Å². The van der Waals surface area contributed by atoms with E-state index in [1.807, 2.05) is 54.6 Å². The molecule has 0 bridgehead atoms. The number of rotatable bonds is 11. The van der Waals surface area contributed by atoms with Gasteiger partial charge in [0.2, 0.25) is 11.8 Å². The van der Waals surface area contributed by atoms with Gasteiger partial charge in [-0.3, -0.25) is 34.4 Å². The SMILES string of the molecule is COc1ccc([C@@]23C(=O)N(Nc4ccc(Cl)cc4Cl)C(=O)[C@@H]2C[C@@H]2C(=CC[C@@H]4C(=O)N(C5CCN(Cc6ccccc6)CC5)C(=O)[C@@H]42)[C@@H]3c2ccc(OCc3ccccc3)cc2O)cc1. The molecule has 2 aliphatic carbocycles. The Morgan fingerprint density at radius 1 is 0.769 bits per heavy atom. The molecule has 332 valence electrons. The molecular formula is C52H48Cl2N4O7. The summed E-state index contributed by atoms with van der Waals surface area (Å²) in [5.41, 5.74) is 5.50. The van der Waals surface area contributed by atoms with E-state index < -0.39 is 46.8 Å². The van der Waals surface area contributed by atoms with Gasteiger partial charge >= 0.3 is 0 Å². The van der Waals surface area contributed by atoms with Gasteiger partial charge in [0.1, 0.15) is 23.9 Å². The number of phenolic OH excluding ortho intramolecular Hbond substituents is 1. The van der Waals surface area contributed by atoms with Crippen molar-refractivity contribution in [2.75, 3.05) is 25.6 Å². The van der Waals surface area contributed by atoms with Crippen LogP contribution in [0.15, 0.2) is 133 Å². The fourth-order valence-electron chi connectivity index (χ4n) is 11.3. The first-order chi connectivity index (χ1) is 31.6. The maximum absolute atomic E-state index is 15.7. The van der Waals surface area contributed by atoms with Crippen molar-refractivity contribution >= 4 is 52.5 Å². The number of likely N-dealkylation sites (tertiary alicyclic amines) is 2. The van der Waals surface area contributed by atoms with Crippen LogP contribution in [0.2, 0.25) is 10.0 Å². The summed E-state index contributed by atoms with van der Waals surface area (Å²) in [5.74, 6) is -4.65. The van der Waals surface area contributed by atoms with Crippen molar-refractivity contribution in [2.45, 2.75) is 56.2 Å². The zero-order chi connectivity index (χ0) is 45.0. The third-order valence-electron chi connectivity index (χ3n) is 14.3. The highest BCUT2D eigenvalue weighted by Crippen LogP contribution is 2.65. The molecule has 0 radical (unpaired) electrons. The van der Waals surface area contributed by atoms with Crippen LogP contribution < -0.4 is 14.9 Å². The zero-order valence-electron chi connectivity index (χ0n) is 35.7. The van der Waals surface area contributed by atoms with Crippen molar-refractivity contribution in [1.29, 1.82) is 0 Å². The van der Waals surface area contributed by atoms with Crippen LogP contribution in [0.4, 0.5) is 5.69 Å². The summed E-state index contributed by atoms with van der Waals surface area (Å²) in [5, 5.41) is 13.8. The van der Waals surface area contributed by atoms with Gasteiger partial charge in [0.15, 0.2) is 0 Å². The van der Waals surface area contributed by atoms with Gasteiger partial charge in [-0.15, -0.1) is 0 Å². The molecule has 10 rings (SSSR count). The molecule has 0 spiro atoms. The fraction of sp³-hybridized carbons (Fsp3) is 0.308. The van der Waals surface area contributed by atoms with Gasteiger partial charge in [-0.2, -0.15) is 5.01 Å². The van der Waals surface area contributed by atoms with Crippen LogP contribution in [0.25, 0.3) is 0 Å². The van der Waals surface area contributed by atoms with Gasteiger partial charge in [0.25, 0.3) is 11.8 Å². The van der Waals surface area contributed by atoms with E-state index >= 15 is 14.4 Å². The predicted octanol–water partition coefficient (Wildman–Crippen LogP) is 8.94. The van der Waals surface area contributed by atoms with Crippen molar-refractivity contribution in [3.8, 4) is 17.2 Å². The van der Waals surface area contributed by atoms with E-state index in [4.69, 9.17) is 32.7 Å². The third kappa shape index (κ3) is 7.43. The number of imide groups is 2. The molecule has 0 unspecified atom stereocenters. The molecule has 65 heavy (non-hydrogen) atoms. The highest BCUT2D eigenvalue weighted by molar-refractivity contribution is 6.36. The Morgan fingerprint density at radius 3 is 2.14 bits per heavy atom. The first kappa shape index (κ1) is 42.8. The zero-order valence-corrected chi connectivity index (χ0v) is 37.3. The number of nitrogens with zero attached hydrogens (tertiary/aromatic N) is 3. The van der Waals surface area contributed by atoms with E-state index in [9.17, 15) is 9.90 Å². The number of anilines is 1. The quantitative estimate of drug-likeness (QED) is 0.0987. The minimum atomic E-state index is -1.63. The number of carbonyl (C=O) groups is 4. The van der Waals surface area contributed by atoms with E-state index in [1.165, 1.54) is 22.6 Å². The van der Waals surface area contributed by atoms with Gasteiger partial charge in [0, 0.05) is 48.2 Å². The molecule has 13 heteroatoms. The number of ether oxygens (including phenoxy) is 2. The number of hydrogen-bond acceptors (Lipinski definition) is 9. The monoisotopic (exact) mass is 910 g/mol. The van der Waals surface area contributed by atoms with Gasteiger partial charge < -0.3 is 14.6 Å². The summed E-state index contributed by atoms with van der Waals surface area (Å²) in [6, 6.07) is 36.5. The summed E-state index contributed by atoms with van der Waals surface area (Å²) in [4.78, 5) is 64.4. The normalized spacial score (nSPS) is 25.5. The van der Waals surface area contributed by atoms with Crippen LogP contribution in [-0.4, -0.2) is 69.8 Å². The smallest absolute Gasteiger partial charge is 0.260 e. The van der Waals surface area contributed by atoms with E-state index in [-0.39, 0.29) is 48.1 Å². The number of phenols is 1. The number of aromatic hydroxyl groups is 1. The Hall–Kier alpha value is -6.14. The fourth-order valence-corrected chi connectivity index (χ4v) is 11.8. The summed E-state index contributed by atoms with van der Waals surface area (Å²) < 4.78 is 11.7. The number of amides is 4. The van der Waals surface area contributed by atoms with Crippen LogP contribution in [-0.2, 0) is 37.7 Å². The average Bonchev–Trinajstić information content (AvgIpc) is 3.70. The van der Waals surface area contributed by atoms with Gasteiger partial charge in [-0.05, 0) is 84.7 Å². The Balaban J connectivity index is 1.05. The molecule has 3 heterocycles. The average molecular weight is 912 g/mol. The van der Waals surface area contributed by atoms with E-state index in [0.717, 1.165) is 35.8 Å². The van der Waals surface area contributed by atoms with Crippen LogP contribution in [0, 0.1) is 23.7 Å². The maximum Gasteiger partial charge on any atom is 0.260 e. The summed E-state index contributed by atoms with van der Waals surface area (Å²) >= 11 is 12.9. The molecule has 5 aliphatic rings. The first-order valence-electron chi connectivity index (χ1n) is 22.1. The number of nitrogens with one attached hydrogen (secondary N) is 1. The number of hydrogen-bond donors (Lipinski definition) is 2. The predicted molar refractivity (Wildman–Crippen MR) is 246 cm³/mol. The van der Waals surface area contributed by atoms with Gasteiger partial charge in [-0.25, -0.2) is 0 Å². The lowest BCUT2D eigenvalue weighted by Crippen LogP contribution is -2.53. The number of carbonyl (C=O) groups excluding carboxylic acids is 4. The Bertz CT molecular complexity index is 2690. The van der Waals surface area contributed by atoms with Crippen LogP contribution in [0.3, 0.4) is 0 Å². The molecule has 5 aromatic carbocycles. The number of piperidine rings is 1. The van der Waals surface area contributed by atoms with Crippen molar-refractivity contribution in [2.24, 2.45) is 23.7 Å². The minimum absolute atomic E-state index is 0.105. The summed E-state index contributed by atoms with van der Waals surface area (Å²) in [7, 11) is 1.55. The molecular weight excluding hydrogens is 863 g/mol. The summed E-state index contributed by atoms with van der Waals surface area (Å²) in [6.45, 7) is 2.55. The second-order valence-electron chi connectivity index (χ2n) is 17.7. The molecule has 3 aliphatic heterocycles. The van der Waals surface area contributed by atoms with E-state index in [1.54, 1.807) is 55.6 Å². The largest absolute Gasteiger partial charge is 0.508 e. The standard InChI is InChI=1S/C52H48Cl2N4O7/c1-64-36-15-12-33(13-16-36)52-42(49(61)58(51(52)63)55-44-21-14-34(53)26-43(44)54)28-41-38(47(52)39-18-17-37(27-45(39)59)65-30-32-10-6-3-7-11-32)19-20-40-46(41)50(62)57(48(40)60)35-22-24-56(25-23-35)29-31-8-4-2-5-9-31/h2-19,21,26-27,35,40-42,46-47,55,59H,20,22-25,28-30H2,1H3/t40-,41+,42-,46-,47+,52+/m0/s1. The highest BCUT2D eigenvalue weighted by Gasteiger charge is 2.71. The molecule has 5 aromatic rings.